The maximum absolute atomic E-state index is 13.0. The molecule has 0 saturated carbocycles. The number of aromatic nitrogens is 3. The number of thiazole rings is 1. The van der Waals surface area contributed by atoms with Crippen molar-refractivity contribution in [1.82, 2.24) is 14.5 Å². The van der Waals surface area contributed by atoms with E-state index in [1.807, 2.05) is 61.7 Å². The minimum absolute atomic E-state index is 0.00704. The standard InChI is InChI=1S/C23H23N3O3S2/c1-14(2)26-22(27)17-7-5-6-8-18(17)25-23(26)31-13-16-12-30-21(24-16)15-9-10-19(28-3)20(11-15)29-4/h5-12,14H,13H2,1-4H3. The third-order valence-electron chi connectivity index (χ3n) is 4.82. The van der Waals surface area contributed by atoms with Gasteiger partial charge in [0.2, 0.25) is 0 Å². The first kappa shape index (κ1) is 21.4. The van der Waals surface area contributed by atoms with Crippen LogP contribution in [0, 0.1) is 0 Å². The third kappa shape index (κ3) is 4.31. The predicted molar refractivity (Wildman–Crippen MR) is 127 cm³/mol. The van der Waals surface area contributed by atoms with Gasteiger partial charge in [0, 0.05) is 22.7 Å². The van der Waals surface area contributed by atoms with Crippen LogP contribution in [0.3, 0.4) is 0 Å². The molecule has 4 aromatic rings. The van der Waals surface area contributed by atoms with Crippen molar-refractivity contribution in [2.24, 2.45) is 0 Å². The molecule has 2 heterocycles. The SMILES string of the molecule is COc1ccc(-c2nc(CSc3nc4ccccc4c(=O)n3C(C)C)cs2)cc1OC. The van der Waals surface area contributed by atoms with Gasteiger partial charge in [0.25, 0.3) is 5.56 Å². The van der Waals surface area contributed by atoms with Crippen LogP contribution in [-0.4, -0.2) is 28.8 Å². The third-order valence-corrected chi connectivity index (χ3v) is 6.75. The van der Waals surface area contributed by atoms with E-state index < -0.39 is 0 Å². The van der Waals surface area contributed by atoms with E-state index in [2.05, 4.69) is 0 Å². The second kappa shape index (κ2) is 9.11. The lowest BCUT2D eigenvalue weighted by molar-refractivity contribution is 0.355. The quantitative estimate of drug-likeness (QED) is 0.275. The number of thioether (sulfide) groups is 1. The topological polar surface area (TPSA) is 66.2 Å². The van der Waals surface area contributed by atoms with E-state index in [-0.39, 0.29) is 11.6 Å². The summed E-state index contributed by atoms with van der Waals surface area (Å²) in [7, 11) is 3.24. The van der Waals surface area contributed by atoms with Gasteiger partial charge >= 0.3 is 0 Å². The van der Waals surface area contributed by atoms with E-state index in [0.29, 0.717) is 27.8 Å². The van der Waals surface area contributed by atoms with Crippen LogP contribution in [0.4, 0.5) is 0 Å². The maximum Gasteiger partial charge on any atom is 0.262 e. The summed E-state index contributed by atoms with van der Waals surface area (Å²) < 4.78 is 12.5. The van der Waals surface area contributed by atoms with Crippen LogP contribution in [0.1, 0.15) is 25.6 Å². The fourth-order valence-electron chi connectivity index (χ4n) is 3.30. The van der Waals surface area contributed by atoms with Crippen molar-refractivity contribution in [2.45, 2.75) is 30.8 Å². The van der Waals surface area contributed by atoms with E-state index in [0.717, 1.165) is 21.8 Å². The number of benzene rings is 2. The van der Waals surface area contributed by atoms with Crippen molar-refractivity contribution in [2.75, 3.05) is 14.2 Å². The van der Waals surface area contributed by atoms with E-state index >= 15 is 0 Å². The molecule has 0 spiro atoms. The zero-order valence-corrected chi connectivity index (χ0v) is 19.4. The highest BCUT2D eigenvalue weighted by molar-refractivity contribution is 7.98. The maximum atomic E-state index is 13.0. The van der Waals surface area contributed by atoms with Crippen LogP contribution in [0.15, 0.2) is 57.8 Å². The molecule has 0 radical (unpaired) electrons. The molecule has 0 aliphatic rings. The first-order valence-corrected chi connectivity index (χ1v) is 11.7. The summed E-state index contributed by atoms with van der Waals surface area (Å²) >= 11 is 3.11. The van der Waals surface area contributed by atoms with Crippen LogP contribution < -0.4 is 15.0 Å². The molecule has 0 amide bonds. The number of nitrogens with zero attached hydrogens (tertiary/aromatic N) is 3. The molecule has 0 saturated heterocycles. The monoisotopic (exact) mass is 453 g/mol. The van der Waals surface area contributed by atoms with Crippen molar-refractivity contribution in [3.8, 4) is 22.1 Å². The summed E-state index contributed by atoms with van der Waals surface area (Å²) in [5.74, 6) is 1.99. The van der Waals surface area contributed by atoms with Gasteiger partial charge < -0.3 is 9.47 Å². The molecule has 0 aliphatic heterocycles. The molecule has 0 bridgehead atoms. The molecular weight excluding hydrogens is 430 g/mol. The Balaban J connectivity index is 1.60. The van der Waals surface area contributed by atoms with E-state index in [1.54, 1.807) is 30.1 Å². The molecule has 160 valence electrons. The van der Waals surface area contributed by atoms with Crippen molar-refractivity contribution >= 4 is 34.0 Å². The van der Waals surface area contributed by atoms with Crippen LogP contribution in [0.5, 0.6) is 11.5 Å². The molecule has 2 aromatic carbocycles. The van der Waals surface area contributed by atoms with Gasteiger partial charge in [-0.15, -0.1) is 11.3 Å². The van der Waals surface area contributed by atoms with E-state index in [4.69, 9.17) is 19.4 Å². The summed E-state index contributed by atoms with van der Waals surface area (Å²) in [6, 6.07) is 13.3. The number of fused-ring (bicyclic) bond motifs is 1. The van der Waals surface area contributed by atoms with Gasteiger partial charge in [-0.3, -0.25) is 9.36 Å². The Labute approximate surface area is 188 Å². The average Bonchev–Trinajstić information content (AvgIpc) is 3.26. The highest BCUT2D eigenvalue weighted by Gasteiger charge is 2.15. The van der Waals surface area contributed by atoms with Crippen molar-refractivity contribution in [3.05, 3.63) is 63.9 Å². The molecule has 0 aliphatic carbocycles. The van der Waals surface area contributed by atoms with Crippen molar-refractivity contribution in [1.29, 1.82) is 0 Å². The second-order valence-electron chi connectivity index (χ2n) is 7.18. The normalized spacial score (nSPS) is 11.3. The van der Waals surface area contributed by atoms with Crippen LogP contribution in [0.25, 0.3) is 21.5 Å². The minimum atomic E-state index is -0.00704. The first-order valence-electron chi connectivity index (χ1n) is 9.82. The molecule has 0 atom stereocenters. The number of para-hydroxylation sites is 1. The molecule has 31 heavy (non-hydrogen) atoms. The zero-order chi connectivity index (χ0) is 22.0. The molecule has 2 aromatic heterocycles. The first-order chi connectivity index (χ1) is 15.0. The summed E-state index contributed by atoms with van der Waals surface area (Å²) in [6.07, 6.45) is 0. The molecule has 0 N–H and O–H groups in total. The van der Waals surface area contributed by atoms with Gasteiger partial charge in [-0.25, -0.2) is 9.97 Å². The van der Waals surface area contributed by atoms with Crippen molar-refractivity contribution < 1.29 is 9.47 Å². The fourth-order valence-corrected chi connectivity index (χ4v) is 5.24. The minimum Gasteiger partial charge on any atom is -0.493 e. The van der Waals surface area contributed by atoms with Gasteiger partial charge in [-0.05, 0) is 44.2 Å². The van der Waals surface area contributed by atoms with Gasteiger partial charge in [-0.2, -0.15) is 0 Å². The van der Waals surface area contributed by atoms with Crippen molar-refractivity contribution in [3.63, 3.8) is 0 Å². The fraction of sp³-hybridized carbons (Fsp3) is 0.261. The summed E-state index contributed by atoms with van der Waals surface area (Å²) in [4.78, 5) is 22.5. The van der Waals surface area contributed by atoms with Crippen LogP contribution >= 0.6 is 23.1 Å². The number of methoxy groups -OCH3 is 2. The lowest BCUT2D eigenvalue weighted by Gasteiger charge is -2.15. The summed E-state index contributed by atoms with van der Waals surface area (Å²) in [5, 5.41) is 4.30. The second-order valence-corrected chi connectivity index (χ2v) is 8.98. The van der Waals surface area contributed by atoms with Gasteiger partial charge in [-0.1, -0.05) is 23.9 Å². The van der Waals surface area contributed by atoms with Crippen LogP contribution in [0.2, 0.25) is 0 Å². The molecule has 0 unspecified atom stereocenters. The number of rotatable bonds is 7. The Morgan fingerprint density at radius 3 is 2.58 bits per heavy atom. The Bertz CT molecular complexity index is 1280. The number of ether oxygens (including phenoxy) is 2. The molecule has 0 fully saturated rings. The summed E-state index contributed by atoms with van der Waals surface area (Å²) in [5.41, 5.74) is 2.63. The van der Waals surface area contributed by atoms with Gasteiger partial charge in [0.15, 0.2) is 16.7 Å². The smallest absolute Gasteiger partial charge is 0.262 e. The summed E-state index contributed by atoms with van der Waals surface area (Å²) in [6.45, 7) is 4.00. The Morgan fingerprint density at radius 2 is 1.84 bits per heavy atom. The highest BCUT2D eigenvalue weighted by Crippen LogP contribution is 2.34. The molecule has 6 nitrogen and oxygen atoms in total. The van der Waals surface area contributed by atoms with E-state index in [9.17, 15) is 4.79 Å². The Kier molecular flexibility index (Phi) is 6.29. The molecule has 4 rings (SSSR count). The Morgan fingerprint density at radius 1 is 1.06 bits per heavy atom. The molecule has 8 heteroatoms. The predicted octanol–water partition coefficient (Wildman–Crippen LogP) is 5.41. The number of hydrogen-bond donors (Lipinski definition) is 0. The lowest BCUT2D eigenvalue weighted by atomic mass is 10.2. The Hall–Kier alpha value is -2.84. The van der Waals surface area contributed by atoms with Crippen LogP contribution in [-0.2, 0) is 5.75 Å². The zero-order valence-electron chi connectivity index (χ0n) is 17.8. The average molecular weight is 454 g/mol. The van der Waals surface area contributed by atoms with Gasteiger partial charge in [0.1, 0.15) is 5.01 Å². The number of hydrogen-bond acceptors (Lipinski definition) is 7. The van der Waals surface area contributed by atoms with Gasteiger partial charge in [0.05, 0.1) is 30.8 Å². The highest BCUT2D eigenvalue weighted by atomic mass is 32.2. The lowest BCUT2D eigenvalue weighted by Crippen LogP contribution is -2.25. The van der Waals surface area contributed by atoms with E-state index in [1.165, 1.54) is 11.8 Å². The largest absolute Gasteiger partial charge is 0.493 e. The molecular formula is C23H23N3O3S2.